The van der Waals surface area contributed by atoms with Crippen LogP contribution in [-0.4, -0.2) is 34.6 Å². The van der Waals surface area contributed by atoms with Gasteiger partial charge in [-0.25, -0.2) is 9.97 Å². The topological polar surface area (TPSA) is 77.0 Å². The summed E-state index contributed by atoms with van der Waals surface area (Å²) in [6.07, 6.45) is 3.61. The average Bonchev–Trinajstić information content (AvgIpc) is 2.73. The Morgan fingerprint density at radius 1 is 1.11 bits per heavy atom. The van der Waals surface area contributed by atoms with Crippen molar-refractivity contribution in [1.29, 1.82) is 0 Å². The quantitative estimate of drug-likeness (QED) is 0.682. The number of methoxy groups -OCH3 is 1. The van der Waals surface area contributed by atoms with E-state index < -0.39 is 0 Å². The highest BCUT2D eigenvalue weighted by atomic mass is 16.5. The second kappa shape index (κ2) is 9.19. The first-order valence-corrected chi connectivity index (χ1v) is 9.21. The molecule has 3 aromatic rings. The summed E-state index contributed by atoms with van der Waals surface area (Å²) < 4.78 is 4.82. The fourth-order valence-electron chi connectivity index (χ4n) is 2.77. The van der Waals surface area contributed by atoms with Crippen molar-refractivity contribution in [3.63, 3.8) is 0 Å². The van der Waals surface area contributed by atoms with Crippen LogP contribution in [0.15, 0.2) is 54.9 Å². The second-order valence-corrected chi connectivity index (χ2v) is 6.77. The zero-order chi connectivity index (χ0) is 19.9. The highest BCUT2D eigenvalue weighted by Gasteiger charge is 2.14. The number of nitrogens with zero attached hydrogens (tertiary/aromatic N) is 3. The smallest absolute Gasteiger partial charge is 0.246 e. The van der Waals surface area contributed by atoms with Crippen molar-refractivity contribution in [3.8, 4) is 22.5 Å². The zero-order valence-corrected chi connectivity index (χ0v) is 16.3. The largest absolute Gasteiger partial charge is 0.375 e. The summed E-state index contributed by atoms with van der Waals surface area (Å²) in [5.41, 5.74) is 4.57. The van der Waals surface area contributed by atoms with E-state index in [9.17, 15) is 4.79 Å². The number of hydrogen-bond donors (Lipinski definition) is 1. The molecule has 144 valence electrons. The van der Waals surface area contributed by atoms with Crippen molar-refractivity contribution < 1.29 is 9.53 Å². The molecular formula is C22H24N4O2. The van der Waals surface area contributed by atoms with Gasteiger partial charge >= 0.3 is 0 Å². The number of aromatic nitrogens is 3. The molecule has 0 fully saturated rings. The lowest BCUT2D eigenvalue weighted by Gasteiger charge is -2.12. The number of benzene rings is 1. The molecule has 0 aliphatic rings. The maximum Gasteiger partial charge on any atom is 0.246 e. The van der Waals surface area contributed by atoms with Gasteiger partial charge in [-0.1, -0.05) is 44.2 Å². The number of hydrogen-bond acceptors (Lipinski definition) is 5. The van der Waals surface area contributed by atoms with Crippen molar-refractivity contribution in [3.05, 3.63) is 66.2 Å². The summed E-state index contributed by atoms with van der Waals surface area (Å²) in [7, 11) is 1.50. The minimum atomic E-state index is -0.138. The minimum Gasteiger partial charge on any atom is -0.375 e. The highest BCUT2D eigenvalue weighted by molar-refractivity contribution is 5.79. The number of nitrogens with one attached hydrogen (secondary N) is 1. The molecule has 1 N–H and O–H groups in total. The molecule has 6 nitrogen and oxygen atoms in total. The van der Waals surface area contributed by atoms with Gasteiger partial charge in [0, 0.05) is 43.1 Å². The van der Waals surface area contributed by atoms with Gasteiger partial charge in [0.05, 0.1) is 11.4 Å². The maximum absolute atomic E-state index is 11.5. The molecule has 0 aliphatic heterocycles. The molecule has 1 amide bonds. The number of carbonyl (C=O) groups is 1. The van der Waals surface area contributed by atoms with Crippen molar-refractivity contribution in [1.82, 2.24) is 20.3 Å². The van der Waals surface area contributed by atoms with Gasteiger partial charge in [0.1, 0.15) is 12.4 Å². The van der Waals surface area contributed by atoms with E-state index in [4.69, 9.17) is 9.72 Å². The van der Waals surface area contributed by atoms with Crippen LogP contribution in [0.5, 0.6) is 0 Å². The Morgan fingerprint density at radius 3 is 2.54 bits per heavy atom. The molecule has 0 aliphatic carbocycles. The van der Waals surface area contributed by atoms with Crippen LogP contribution in [-0.2, 0) is 16.1 Å². The first-order valence-electron chi connectivity index (χ1n) is 9.21. The van der Waals surface area contributed by atoms with Crippen molar-refractivity contribution >= 4 is 5.91 Å². The van der Waals surface area contributed by atoms with E-state index in [1.807, 2.05) is 48.7 Å². The van der Waals surface area contributed by atoms with E-state index in [1.54, 1.807) is 6.20 Å². The molecule has 6 heteroatoms. The summed E-state index contributed by atoms with van der Waals surface area (Å²) in [5.74, 6) is 0.888. The summed E-state index contributed by atoms with van der Waals surface area (Å²) in [5, 5.41) is 2.82. The Labute approximate surface area is 165 Å². The van der Waals surface area contributed by atoms with Crippen LogP contribution >= 0.6 is 0 Å². The minimum absolute atomic E-state index is 0.0600. The molecule has 0 saturated heterocycles. The fourth-order valence-corrected chi connectivity index (χ4v) is 2.77. The predicted octanol–water partition coefficient (Wildman–Crippen LogP) is 3.59. The SMILES string of the molecule is COCC(=O)NCc1ccc(-c2nc(C(C)C)ncc2-c2ccccn2)cc1. The first kappa shape index (κ1) is 19.6. The highest BCUT2D eigenvalue weighted by Crippen LogP contribution is 2.30. The van der Waals surface area contributed by atoms with Crippen molar-refractivity contribution in [2.45, 2.75) is 26.3 Å². The molecule has 0 radical (unpaired) electrons. The van der Waals surface area contributed by atoms with Crippen LogP contribution in [0.2, 0.25) is 0 Å². The number of amides is 1. The molecule has 0 bridgehead atoms. The Kier molecular flexibility index (Phi) is 6.45. The van der Waals surface area contributed by atoms with Crippen LogP contribution in [0.3, 0.4) is 0 Å². The lowest BCUT2D eigenvalue weighted by molar-refractivity contribution is -0.124. The fraction of sp³-hybridized carbons (Fsp3) is 0.273. The number of pyridine rings is 1. The van der Waals surface area contributed by atoms with Crippen LogP contribution in [0, 0.1) is 0 Å². The third-order valence-corrected chi connectivity index (χ3v) is 4.26. The summed E-state index contributed by atoms with van der Waals surface area (Å²) in [6, 6.07) is 13.8. The third kappa shape index (κ3) is 4.78. The molecule has 1 aromatic carbocycles. The molecule has 28 heavy (non-hydrogen) atoms. The van der Waals surface area contributed by atoms with Gasteiger partial charge in [-0.15, -0.1) is 0 Å². The van der Waals surface area contributed by atoms with Gasteiger partial charge in [0.25, 0.3) is 0 Å². The lowest BCUT2D eigenvalue weighted by atomic mass is 10.0. The van der Waals surface area contributed by atoms with Gasteiger partial charge in [0.2, 0.25) is 5.91 Å². The molecule has 0 unspecified atom stereocenters. The molecule has 2 aromatic heterocycles. The Hall–Kier alpha value is -3.12. The number of carbonyl (C=O) groups excluding carboxylic acids is 1. The molecule has 0 saturated carbocycles. The van der Waals surface area contributed by atoms with E-state index in [1.165, 1.54) is 7.11 Å². The summed E-state index contributed by atoms with van der Waals surface area (Å²) in [6.45, 7) is 4.66. The Balaban J connectivity index is 1.91. The Morgan fingerprint density at radius 2 is 1.89 bits per heavy atom. The Bertz CT molecular complexity index is 925. The second-order valence-electron chi connectivity index (χ2n) is 6.77. The van der Waals surface area contributed by atoms with Gasteiger partial charge < -0.3 is 10.1 Å². The standard InChI is InChI=1S/C22H24N4O2/c1-15(2)22-25-13-18(19-6-4-5-11-23-19)21(26-22)17-9-7-16(8-10-17)12-24-20(27)14-28-3/h4-11,13,15H,12,14H2,1-3H3,(H,24,27). The first-order chi connectivity index (χ1) is 13.6. The van der Waals surface area contributed by atoms with Crippen LogP contribution in [0.4, 0.5) is 0 Å². The lowest BCUT2D eigenvalue weighted by Crippen LogP contribution is -2.26. The maximum atomic E-state index is 11.5. The normalized spacial score (nSPS) is 10.9. The summed E-state index contributed by atoms with van der Waals surface area (Å²) in [4.78, 5) is 25.3. The van der Waals surface area contributed by atoms with Crippen LogP contribution in [0.1, 0.15) is 31.2 Å². The van der Waals surface area contributed by atoms with E-state index in [0.717, 1.165) is 33.9 Å². The summed E-state index contributed by atoms with van der Waals surface area (Å²) >= 11 is 0. The average molecular weight is 376 g/mol. The zero-order valence-electron chi connectivity index (χ0n) is 16.3. The van der Waals surface area contributed by atoms with Crippen LogP contribution in [0.25, 0.3) is 22.5 Å². The van der Waals surface area contributed by atoms with Crippen molar-refractivity contribution in [2.75, 3.05) is 13.7 Å². The monoisotopic (exact) mass is 376 g/mol. The van der Waals surface area contributed by atoms with E-state index in [0.29, 0.717) is 6.54 Å². The van der Waals surface area contributed by atoms with E-state index in [2.05, 4.69) is 29.1 Å². The molecular weight excluding hydrogens is 352 g/mol. The third-order valence-electron chi connectivity index (χ3n) is 4.26. The molecule has 3 rings (SSSR count). The van der Waals surface area contributed by atoms with Crippen LogP contribution < -0.4 is 5.32 Å². The number of rotatable bonds is 7. The predicted molar refractivity (Wildman–Crippen MR) is 109 cm³/mol. The van der Waals surface area contributed by atoms with Gasteiger partial charge in [0.15, 0.2) is 0 Å². The number of ether oxygens (including phenoxy) is 1. The molecule has 2 heterocycles. The molecule has 0 atom stereocenters. The van der Waals surface area contributed by atoms with Gasteiger partial charge in [-0.2, -0.15) is 0 Å². The van der Waals surface area contributed by atoms with Crippen molar-refractivity contribution in [2.24, 2.45) is 0 Å². The van der Waals surface area contributed by atoms with E-state index >= 15 is 0 Å². The van der Waals surface area contributed by atoms with Gasteiger partial charge in [-0.05, 0) is 17.7 Å². The van der Waals surface area contributed by atoms with Gasteiger partial charge in [-0.3, -0.25) is 9.78 Å². The van der Waals surface area contributed by atoms with E-state index in [-0.39, 0.29) is 18.4 Å². The molecule has 0 spiro atoms.